The number of pyridine rings is 1. The third-order valence-electron chi connectivity index (χ3n) is 15.3. The minimum absolute atomic E-state index is 0.0521. The largest absolute Gasteiger partial charge is 0.309 e. The molecular weight excluding hydrogens is 813 g/mol. The van der Waals surface area contributed by atoms with E-state index in [0.29, 0.717) is 0 Å². The summed E-state index contributed by atoms with van der Waals surface area (Å²) < 4.78 is 7.48. The average molecular weight is 859 g/mol. The van der Waals surface area contributed by atoms with Gasteiger partial charge in [0.15, 0.2) is 0 Å². The van der Waals surface area contributed by atoms with Crippen LogP contribution in [-0.4, -0.2) is 18.4 Å². The molecule has 0 saturated carbocycles. The molecule has 0 saturated heterocycles. The van der Waals surface area contributed by atoms with Gasteiger partial charge in [-0.1, -0.05) is 139 Å². The average Bonchev–Trinajstić information content (AvgIpc) is 4.13. The van der Waals surface area contributed by atoms with E-state index in [9.17, 15) is 0 Å². The monoisotopic (exact) mass is 858 g/mol. The topological polar surface area (TPSA) is 26.6 Å². The molecule has 6 heterocycles. The number of fused-ring (bicyclic) bond motifs is 19. The van der Waals surface area contributed by atoms with Gasteiger partial charge < -0.3 is 8.97 Å². The van der Waals surface area contributed by atoms with E-state index in [1.165, 1.54) is 125 Å². The lowest BCUT2D eigenvalue weighted by atomic mass is 9.85. The highest BCUT2D eigenvalue weighted by atomic mass is 15.0. The van der Waals surface area contributed by atoms with Crippen LogP contribution in [0.2, 0.25) is 0 Å². The second kappa shape index (κ2) is 12.5. The molecule has 0 aliphatic heterocycles. The molecular formula is C63H46N4. The van der Waals surface area contributed by atoms with E-state index in [0.717, 1.165) is 22.4 Å². The second-order valence-electron chi connectivity index (χ2n) is 21.2. The van der Waals surface area contributed by atoms with Crippen molar-refractivity contribution in [3.8, 4) is 16.8 Å². The van der Waals surface area contributed by atoms with Crippen molar-refractivity contribution >= 4 is 120 Å². The smallest absolute Gasteiger partial charge is 0.146 e. The molecule has 67 heavy (non-hydrogen) atoms. The van der Waals surface area contributed by atoms with Crippen LogP contribution in [0.15, 0.2) is 170 Å². The molecule has 15 rings (SSSR count). The van der Waals surface area contributed by atoms with Crippen LogP contribution in [0.5, 0.6) is 0 Å². The van der Waals surface area contributed by atoms with E-state index < -0.39 is 0 Å². The maximum atomic E-state index is 5.92. The summed E-state index contributed by atoms with van der Waals surface area (Å²) in [5.41, 5.74) is 16.7. The summed E-state index contributed by atoms with van der Waals surface area (Å²) in [5.74, 6) is 0. The normalized spacial score (nSPS) is 13.2. The maximum Gasteiger partial charge on any atom is 0.146 e. The van der Waals surface area contributed by atoms with E-state index in [-0.39, 0.29) is 10.8 Å². The van der Waals surface area contributed by atoms with E-state index >= 15 is 0 Å². The quantitative estimate of drug-likeness (QED) is 0.170. The number of benzene rings is 9. The molecule has 0 aliphatic carbocycles. The first-order valence-corrected chi connectivity index (χ1v) is 23.7. The number of aromatic nitrogens is 4. The molecule has 0 spiro atoms. The number of hydrogen-bond donors (Lipinski definition) is 0. The van der Waals surface area contributed by atoms with Crippen LogP contribution < -0.4 is 0 Å². The van der Waals surface area contributed by atoms with Gasteiger partial charge in [0.05, 0.1) is 44.1 Å². The van der Waals surface area contributed by atoms with Gasteiger partial charge in [-0.2, -0.15) is 0 Å². The predicted molar refractivity (Wildman–Crippen MR) is 286 cm³/mol. The summed E-state index contributed by atoms with van der Waals surface area (Å²) in [6.07, 6.45) is 0. The van der Waals surface area contributed by atoms with Crippen LogP contribution in [0, 0.1) is 0 Å². The van der Waals surface area contributed by atoms with Gasteiger partial charge in [-0.25, -0.2) is 4.98 Å². The van der Waals surface area contributed by atoms with Gasteiger partial charge in [0.2, 0.25) is 0 Å². The van der Waals surface area contributed by atoms with Crippen molar-refractivity contribution in [1.82, 2.24) is 18.4 Å². The third kappa shape index (κ3) is 4.79. The maximum absolute atomic E-state index is 5.92. The Bertz CT molecular complexity index is 4620. The summed E-state index contributed by atoms with van der Waals surface area (Å²) in [5, 5.41) is 16.4. The fourth-order valence-electron chi connectivity index (χ4n) is 12.1. The number of rotatable bonds is 2. The molecule has 0 atom stereocenters. The number of nitrogens with zero attached hydrogens (tertiary/aromatic N) is 4. The Morgan fingerprint density at radius 3 is 1.73 bits per heavy atom. The molecule has 4 heteroatoms. The van der Waals surface area contributed by atoms with Crippen LogP contribution in [0.25, 0.3) is 137 Å². The summed E-state index contributed by atoms with van der Waals surface area (Å²) >= 11 is 0. The second-order valence-corrected chi connectivity index (χ2v) is 21.2. The molecule has 0 N–H and O–H groups in total. The first kappa shape index (κ1) is 37.3. The highest BCUT2D eigenvalue weighted by Crippen LogP contribution is 2.50. The van der Waals surface area contributed by atoms with Crippen LogP contribution >= 0.6 is 0 Å². The number of para-hydroxylation sites is 2. The van der Waals surface area contributed by atoms with Crippen LogP contribution in [0.3, 0.4) is 0 Å². The van der Waals surface area contributed by atoms with Gasteiger partial charge >= 0.3 is 0 Å². The van der Waals surface area contributed by atoms with Crippen molar-refractivity contribution in [2.24, 2.45) is 0 Å². The van der Waals surface area contributed by atoms with E-state index in [4.69, 9.17) is 4.98 Å². The van der Waals surface area contributed by atoms with Gasteiger partial charge in [0.25, 0.3) is 0 Å². The molecule has 0 bridgehead atoms. The number of hydrogen-bond acceptors (Lipinski definition) is 1. The lowest BCUT2D eigenvalue weighted by Crippen LogP contribution is -2.10. The Morgan fingerprint density at radius 2 is 0.970 bits per heavy atom. The molecule has 318 valence electrons. The summed E-state index contributed by atoms with van der Waals surface area (Å²) in [7, 11) is 0. The Balaban J connectivity index is 1.13. The summed E-state index contributed by atoms with van der Waals surface area (Å²) in [6.45, 7) is 14.0. The Morgan fingerprint density at radius 1 is 0.373 bits per heavy atom. The minimum atomic E-state index is -0.0898. The first-order valence-electron chi connectivity index (χ1n) is 23.7. The van der Waals surface area contributed by atoms with Crippen LogP contribution in [-0.2, 0) is 10.8 Å². The molecule has 6 aromatic heterocycles. The van der Waals surface area contributed by atoms with Crippen molar-refractivity contribution in [1.29, 1.82) is 0 Å². The third-order valence-corrected chi connectivity index (χ3v) is 15.3. The molecule has 0 fully saturated rings. The summed E-state index contributed by atoms with van der Waals surface area (Å²) in [6, 6.07) is 64.0. The molecule has 0 radical (unpaired) electrons. The van der Waals surface area contributed by atoms with Crippen molar-refractivity contribution in [2.45, 2.75) is 52.4 Å². The minimum Gasteiger partial charge on any atom is -0.309 e. The Hall–Kier alpha value is -7.95. The molecule has 0 amide bonds. The van der Waals surface area contributed by atoms with Crippen LogP contribution in [0.1, 0.15) is 52.7 Å². The fourth-order valence-corrected chi connectivity index (χ4v) is 12.1. The molecule has 4 nitrogen and oxygen atoms in total. The fraction of sp³-hybridized carbons (Fsp3) is 0.127. The van der Waals surface area contributed by atoms with Crippen LogP contribution in [0.4, 0.5) is 0 Å². The van der Waals surface area contributed by atoms with E-state index in [1.54, 1.807) is 0 Å². The van der Waals surface area contributed by atoms with E-state index in [1.807, 2.05) is 0 Å². The standard InChI is InChI=1S/C63H46N4/c1-62(2,3)38-30-46-47-34-54-57(64-61(47)67-53-27-24-35-16-10-12-20-41(35)55(53)48(31-38)58(46)67)50-33-39(63(4,5)6)32-49-56-42-21-13-11-17-36(42)28-44(60(56)66(54)59(49)50)37-25-26-52-45(29-37)43-22-14-15-23-51(43)65(52)40-18-8-7-9-19-40/h7-34H,1-6H3. The van der Waals surface area contributed by atoms with Crippen molar-refractivity contribution < 1.29 is 0 Å². The Kier molecular flexibility index (Phi) is 6.94. The lowest BCUT2D eigenvalue weighted by Gasteiger charge is -2.19. The molecule has 0 aliphatic rings. The van der Waals surface area contributed by atoms with Crippen molar-refractivity contribution in [3.63, 3.8) is 0 Å². The molecule has 15 aromatic rings. The van der Waals surface area contributed by atoms with Crippen molar-refractivity contribution in [3.05, 3.63) is 181 Å². The zero-order valence-corrected chi connectivity index (χ0v) is 38.5. The molecule has 9 aromatic carbocycles. The predicted octanol–water partition coefficient (Wildman–Crippen LogP) is 17.0. The highest BCUT2D eigenvalue weighted by Gasteiger charge is 2.29. The highest BCUT2D eigenvalue weighted by molar-refractivity contribution is 6.33. The lowest BCUT2D eigenvalue weighted by molar-refractivity contribution is 0.591. The SMILES string of the molecule is CC(C)(C)c1cc2c3cc4c(nc3n3c5ccc6ccccc6c5c(c1)c23)c1cc(C(C)(C)C)cc2c3c5ccccc5cc(-c5ccc6c(c5)c5ccccc5n6-c5ccccc5)c3n4c12. The zero-order valence-electron chi connectivity index (χ0n) is 38.5. The molecule has 0 unspecified atom stereocenters. The van der Waals surface area contributed by atoms with Crippen molar-refractivity contribution in [2.75, 3.05) is 0 Å². The van der Waals surface area contributed by atoms with Gasteiger partial charge in [-0.05, 0) is 122 Å². The van der Waals surface area contributed by atoms with Gasteiger partial charge in [-0.3, -0.25) is 4.40 Å². The van der Waals surface area contributed by atoms with Gasteiger partial charge in [-0.15, -0.1) is 0 Å². The zero-order chi connectivity index (χ0) is 44.8. The van der Waals surface area contributed by atoms with E-state index in [2.05, 4.69) is 225 Å². The summed E-state index contributed by atoms with van der Waals surface area (Å²) in [4.78, 5) is 5.92. The first-order chi connectivity index (χ1) is 32.5. The van der Waals surface area contributed by atoms with Gasteiger partial charge in [0.1, 0.15) is 5.65 Å². The Labute approximate surface area is 386 Å². The van der Waals surface area contributed by atoms with Gasteiger partial charge in [0, 0.05) is 59.7 Å².